The molecule has 1 rings (SSSR count). The van der Waals surface area contributed by atoms with Crippen LogP contribution in [-0.2, 0) is 10.0 Å². The van der Waals surface area contributed by atoms with Crippen LogP contribution in [0.2, 0.25) is 0 Å². The molecular formula is C13H28N2O2S. The number of rotatable bonds is 10. The molecule has 1 saturated carbocycles. The highest BCUT2D eigenvalue weighted by atomic mass is 32.2. The Morgan fingerprint density at radius 2 is 1.94 bits per heavy atom. The average Bonchev–Trinajstić information content (AvgIpc) is 3.12. The van der Waals surface area contributed by atoms with Gasteiger partial charge in [-0.2, -0.15) is 0 Å². The first-order valence-electron chi connectivity index (χ1n) is 7.22. The van der Waals surface area contributed by atoms with E-state index in [2.05, 4.69) is 12.2 Å². The minimum Gasteiger partial charge on any atom is -0.315 e. The Morgan fingerprint density at radius 3 is 2.44 bits per heavy atom. The zero-order valence-corrected chi connectivity index (χ0v) is 12.8. The van der Waals surface area contributed by atoms with Crippen LogP contribution in [0.15, 0.2) is 0 Å². The minimum atomic E-state index is -3.13. The Labute approximate surface area is 112 Å². The van der Waals surface area contributed by atoms with Crippen LogP contribution in [0.3, 0.4) is 0 Å². The minimum absolute atomic E-state index is 0.325. The van der Waals surface area contributed by atoms with E-state index in [0.717, 1.165) is 25.9 Å². The molecule has 108 valence electrons. The monoisotopic (exact) mass is 276 g/mol. The number of hydrogen-bond donors (Lipinski definition) is 1. The molecule has 0 radical (unpaired) electrons. The molecule has 1 unspecified atom stereocenters. The van der Waals surface area contributed by atoms with Crippen molar-refractivity contribution in [3.8, 4) is 0 Å². The number of sulfonamides is 1. The van der Waals surface area contributed by atoms with Gasteiger partial charge in [-0.05, 0) is 45.1 Å². The second-order valence-corrected chi connectivity index (χ2v) is 7.71. The highest BCUT2D eigenvalue weighted by Gasteiger charge is 2.33. The van der Waals surface area contributed by atoms with E-state index in [1.54, 1.807) is 4.31 Å². The second kappa shape index (κ2) is 7.46. The van der Waals surface area contributed by atoms with Crippen LogP contribution in [-0.4, -0.2) is 44.2 Å². The molecule has 5 heteroatoms. The van der Waals surface area contributed by atoms with Crippen LogP contribution >= 0.6 is 0 Å². The van der Waals surface area contributed by atoms with Gasteiger partial charge in [-0.1, -0.05) is 13.8 Å². The third-order valence-corrected chi connectivity index (χ3v) is 5.59. The highest BCUT2D eigenvalue weighted by Crippen LogP contribution is 2.31. The van der Waals surface area contributed by atoms with E-state index in [0.29, 0.717) is 19.0 Å². The Hall–Kier alpha value is -0.130. The summed E-state index contributed by atoms with van der Waals surface area (Å²) in [6.07, 6.45) is 4.31. The molecular weight excluding hydrogens is 248 g/mol. The van der Waals surface area contributed by atoms with E-state index in [9.17, 15) is 8.42 Å². The number of nitrogens with zero attached hydrogens (tertiary/aromatic N) is 1. The summed E-state index contributed by atoms with van der Waals surface area (Å²) in [5.74, 6) is 0.613. The fourth-order valence-electron chi connectivity index (χ4n) is 2.00. The molecule has 0 heterocycles. The van der Waals surface area contributed by atoms with Crippen molar-refractivity contribution in [3.63, 3.8) is 0 Å². The quantitative estimate of drug-likeness (QED) is 0.619. The van der Waals surface area contributed by atoms with Crippen LogP contribution in [0, 0.1) is 5.92 Å². The van der Waals surface area contributed by atoms with Crippen molar-refractivity contribution in [2.45, 2.75) is 51.7 Å². The first-order valence-corrected chi connectivity index (χ1v) is 8.72. The van der Waals surface area contributed by atoms with Gasteiger partial charge in [-0.25, -0.2) is 12.7 Å². The smallest absolute Gasteiger partial charge is 0.217 e. The van der Waals surface area contributed by atoms with Crippen molar-refractivity contribution >= 4 is 10.0 Å². The normalized spacial score (nSPS) is 18.2. The Bertz CT molecular complexity index is 326. The first-order chi connectivity index (χ1) is 8.52. The second-order valence-electron chi connectivity index (χ2n) is 5.36. The summed E-state index contributed by atoms with van der Waals surface area (Å²) in [5.41, 5.74) is 0. The van der Waals surface area contributed by atoms with Crippen molar-refractivity contribution in [2.75, 3.05) is 26.2 Å². The van der Waals surface area contributed by atoms with Crippen molar-refractivity contribution < 1.29 is 8.42 Å². The Morgan fingerprint density at radius 1 is 1.28 bits per heavy atom. The van der Waals surface area contributed by atoms with Gasteiger partial charge in [-0.15, -0.1) is 0 Å². The molecule has 4 nitrogen and oxygen atoms in total. The zero-order valence-electron chi connectivity index (χ0n) is 12.0. The van der Waals surface area contributed by atoms with Gasteiger partial charge < -0.3 is 5.32 Å². The van der Waals surface area contributed by atoms with E-state index >= 15 is 0 Å². The van der Waals surface area contributed by atoms with Crippen molar-refractivity contribution in [1.29, 1.82) is 0 Å². The molecule has 0 aromatic heterocycles. The third kappa shape index (κ3) is 4.86. The maximum Gasteiger partial charge on any atom is 0.217 e. The van der Waals surface area contributed by atoms with Crippen LogP contribution < -0.4 is 5.32 Å². The summed E-state index contributed by atoms with van der Waals surface area (Å²) in [5, 5.41) is 2.88. The van der Waals surface area contributed by atoms with Crippen molar-refractivity contribution in [3.05, 3.63) is 0 Å². The highest BCUT2D eigenvalue weighted by molar-refractivity contribution is 7.89. The maximum absolute atomic E-state index is 12.5. The lowest BCUT2D eigenvalue weighted by atomic mass is 10.4. The van der Waals surface area contributed by atoms with Crippen molar-refractivity contribution in [2.24, 2.45) is 5.92 Å². The zero-order chi connectivity index (χ0) is 13.6. The Kier molecular flexibility index (Phi) is 6.60. The average molecular weight is 276 g/mol. The number of nitrogens with one attached hydrogen (secondary N) is 1. The van der Waals surface area contributed by atoms with Crippen LogP contribution in [0.25, 0.3) is 0 Å². The third-order valence-electron chi connectivity index (χ3n) is 3.36. The summed E-state index contributed by atoms with van der Waals surface area (Å²) in [6.45, 7) is 8.77. The maximum atomic E-state index is 12.5. The molecule has 0 saturated heterocycles. The summed E-state index contributed by atoms with van der Waals surface area (Å²) in [4.78, 5) is 0. The molecule has 1 atom stereocenters. The lowest BCUT2D eigenvalue weighted by Crippen LogP contribution is -2.43. The largest absolute Gasteiger partial charge is 0.315 e. The van der Waals surface area contributed by atoms with Gasteiger partial charge in [0.05, 0.1) is 5.25 Å². The molecule has 0 bridgehead atoms. The van der Waals surface area contributed by atoms with Gasteiger partial charge in [0, 0.05) is 19.6 Å². The summed E-state index contributed by atoms with van der Waals surface area (Å²) < 4.78 is 26.6. The van der Waals surface area contributed by atoms with Gasteiger partial charge in [0.15, 0.2) is 0 Å². The lowest BCUT2D eigenvalue weighted by molar-refractivity contribution is 0.388. The molecule has 0 aromatic carbocycles. The molecule has 0 aliphatic heterocycles. The van der Waals surface area contributed by atoms with Crippen LogP contribution in [0.5, 0.6) is 0 Å². The van der Waals surface area contributed by atoms with Gasteiger partial charge in [0.2, 0.25) is 10.0 Å². The molecule has 1 aliphatic carbocycles. The molecule has 1 fully saturated rings. The summed E-state index contributed by atoms with van der Waals surface area (Å²) in [7, 11) is -3.13. The van der Waals surface area contributed by atoms with E-state index < -0.39 is 10.0 Å². The van der Waals surface area contributed by atoms with Crippen LogP contribution in [0.1, 0.15) is 46.5 Å². The first kappa shape index (κ1) is 15.9. The van der Waals surface area contributed by atoms with Gasteiger partial charge >= 0.3 is 0 Å². The molecule has 0 aromatic rings. The van der Waals surface area contributed by atoms with E-state index in [-0.39, 0.29) is 5.25 Å². The molecule has 0 amide bonds. The van der Waals surface area contributed by atoms with Gasteiger partial charge in [0.25, 0.3) is 0 Å². The van der Waals surface area contributed by atoms with E-state index in [1.165, 1.54) is 12.8 Å². The molecule has 18 heavy (non-hydrogen) atoms. The Balaban J connectivity index is 2.54. The van der Waals surface area contributed by atoms with Gasteiger partial charge in [-0.3, -0.25) is 0 Å². The van der Waals surface area contributed by atoms with Crippen molar-refractivity contribution in [1.82, 2.24) is 9.62 Å². The van der Waals surface area contributed by atoms with E-state index in [4.69, 9.17) is 0 Å². The summed E-state index contributed by atoms with van der Waals surface area (Å²) >= 11 is 0. The molecule has 1 N–H and O–H groups in total. The number of hydrogen-bond acceptors (Lipinski definition) is 3. The predicted molar refractivity (Wildman–Crippen MR) is 76.1 cm³/mol. The summed E-state index contributed by atoms with van der Waals surface area (Å²) in [6, 6.07) is 0. The SMILES string of the molecule is CCCNCC(C)S(=O)(=O)N(CCC)CC1CC1. The van der Waals surface area contributed by atoms with Gasteiger partial charge in [0.1, 0.15) is 0 Å². The van der Waals surface area contributed by atoms with Crippen LogP contribution in [0.4, 0.5) is 0 Å². The fraction of sp³-hybridized carbons (Fsp3) is 1.00. The van der Waals surface area contributed by atoms with E-state index in [1.807, 2.05) is 13.8 Å². The predicted octanol–water partition coefficient (Wildman–Crippen LogP) is 1.83. The fourth-order valence-corrected chi connectivity index (χ4v) is 3.70. The molecule has 0 spiro atoms. The molecule has 1 aliphatic rings. The standard InChI is InChI=1S/C13H28N2O2S/c1-4-8-14-10-12(3)18(16,17)15(9-5-2)11-13-6-7-13/h12-14H,4-11H2,1-3H3. The topological polar surface area (TPSA) is 49.4 Å². The lowest BCUT2D eigenvalue weighted by Gasteiger charge is -2.25.